The van der Waals surface area contributed by atoms with E-state index in [1.807, 2.05) is 0 Å². The van der Waals surface area contributed by atoms with Crippen LogP contribution in [0.2, 0.25) is 0 Å². The molecule has 2 aliphatic rings. The molecule has 1 aromatic rings. The maximum Gasteiger partial charge on any atom is 0.123 e. The lowest BCUT2D eigenvalue weighted by atomic mass is 9.93. The summed E-state index contributed by atoms with van der Waals surface area (Å²) in [6.45, 7) is 4.29. The van der Waals surface area contributed by atoms with E-state index in [1.165, 1.54) is 30.5 Å². The largest absolute Gasteiger partial charge is 0.487 e. The Morgan fingerprint density at radius 1 is 1.31 bits per heavy atom. The van der Waals surface area contributed by atoms with Crippen molar-refractivity contribution in [1.82, 2.24) is 0 Å². The van der Waals surface area contributed by atoms with Gasteiger partial charge in [0.2, 0.25) is 0 Å². The number of hydrogen-bond donors (Lipinski definition) is 1. The number of benzene rings is 1. The molecule has 1 aromatic carbocycles. The third kappa shape index (κ3) is 1.77. The number of anilines is 1. The van der Waals surface area contributed by atoms with E-state index in [4.69, 9.17) is 4.74 Å². The minimum absolute atomic E-state index is 0.0303. The van der Waals surface area contributed by atoms with Crippen LogP contribution in [0.25, 0.3) is 0 Å². The summed E-state index contributed by atoms with van der Waals surface area (Å²) in [5, 5.41) is 3.58. The second kappa shape index (κ2) is 3.41. The minimum atomic E-state index is -0.0303. The van der Waals surface area contributed by atoms with E-state index in [1.54, 1.807) is 0 Å². The average molecular weight is 217 g/mol. The first-order chi connectivity index (χ1) is 7.62. The van der Waals surface area contributed by atoms with Gasteiger partial charge in [0.15, 0.2) is 0 Å². The summed E-state index contributed by atoms with van der Waals surface area (Å²) < 4.78 is 5.87. The first-order valence-electron chi connectivity index (χ1n) is 6.21. The van der Waals surface area contributed by atoms with Gasteiger partial charge in [-0.2, -0.15) is 0 Å². The average Bonchev–Trinajstić information content (AvgIpc) is 2.44. The lowest BCUT2D eigenvalue weighted by Crippen LogP contribution is -2.26. The summed E-state index contributed by atoms with van der Waals surface area (Å²) in [7, 11) is 0. The molecule has 1 saturated carbocycles. The maximum atomic E-state index is 5.87. The van der Waals surface area contributed by atoms with Gasteiger partial charge in [0.05, 0.1) is 0 Å². The van der Waals surface area contributed by atoms with Gasteiger partial charge in [-0.15, -0.1) is 0 Å². The summed E-state index contributed by atoms with van der Waals surface area (Å²) in [4.78, 5) is 0. The van der Waals surface area contributed by atoms with Crippen LogP contribution in [0.4, 0.5) is 5.69 Å². The van der Waals surface area contributed by atoms with Gasteiger partial charge >= 0.3 is 0 Å². The quantitative estimate of drug-likeness (QED) is 0.820. The molecule has 0 unspecified atom stereocenters. The normalized spacial score (nSPS) is 22.1. The smallest absolute Gasteiger partial charge is 0.123 e. The van der Waals surface area contributed by atoms with Crippen LogP contribution in [0.3, 0.4) is 0 Å². The number of nitrogens with one attached hydrogen (secondary N) is 1. The Bertz CT molecular complexity index is 407. The van der Waals surface area contributed by atoms with Crippen molar-refractivity contribution in [2.24, 2.45) is 0 Å². The Kier molecular flexibility index (Phi) is 2.13. The van der Waals surface area contributed by atoms with Crippen LogP contribution in [0, 0.1) is 0 Å². The molecule has 0 saturated heterocycles. The Hall–Kier alpha value is -1.18. The Morgan fingerprint density at radius 2 is 2.12 bits per heavy atom. The SMILES string of the molecule is CC1(C)Cc2cc(NC3CCC3)ccc2O1. The molecule has 1 aliphatic heterocycles. The fourth-order valence-corrected chi connectivity index (χ4v) is 2.49. The molecule has 3 rings (SSSR count). The summed E-state index contributed by atoms with van der Waals surface area (Å²) in [6, 6.07) is 7.19. The number of rotatable bonds is 2. The van der Waals surface area contributed by atoms with E-state index in [-0.39, 0.29) is 5.60 Å². The highest BCUT2D eigenvalue weighted by Gasteiger charge is 2.30. The van der Waals surface area contributed by atoms with Gasteiger partial charge in [0.25, 0.3) is 0 Å². The van der Waals surface area contributed by atoms with Gasteiger partial charge in [0.1, 0.15) is 11.4 Å². The zero-order chi connectivity index (χ0) is 11.2. The van der Waals surface area contributed by atoms with Crippen LogP contribution in [0.15, 0.2) is 18.2 Å². The van der Waals surface area contributed by atoms with Gasteiger partial charge in [0, 0.05) is 23.7 Å². The Morgan fingerprint density at radius 3 is 2.81 bits per heavy atom. The molecule has 0 atom stereocenters. The summed E-state index contributed by atoms with van der Waals surface area (Å²) in [5.74, 6) is 1.06. The predicted octanol–water partition coefficient (Wildman–Crippen LogP) is 3.36. The van der Waals surface area contributed by atoms with Crippen LogP contribution in [0.1, 0.15) is 38.7 Å². The van der Waals surface area contributed by atoms with Crippen LogP contribution in [0.5, 0.6) is 5.75 Å². The molecule has 86 valence electrons. The van der Waals surface area contributed by atoms with Crippen LogP contribution in [-0.4, -0.2) is 11.6 Å². The van der Waals surface area contributed by atoms with Crippen molar-refractivity contribution in [2.75, 3.05) is 5.32 Å². The number of fused-ring (bicyclic) bond motifs is 1. The Balaban J connectivity index is 1.78. The van der Waals surface area contributed by atoms with E-state index in [0.717, 1.165) is 12.2 Å². The van der Waals surface area contributed by atoms with Crippen molar-refractivity contribution < 1.29 is 4.74 Å². The van der Waals surface area contributed by atoms with E-state index >= 15 is 0 Å². The van der Waals surface area contributed by atoms with Gasteiger partial charge in [-0.1, -0.05) is 0 Å². The van der Waals surface area contributed by atoms with Crippen molar-refractivity contribution in [2.45, 2.75) is 51.2 Å². The van der Waals surface area contributed by atoms with Crippen molar-refractivity contribution in [3.05, 3.63) is 23.8 Å². The van der Waals surface area contributed by atoms with Crippen molar-refractivity contribution in [1.29, 1.82) is 0 Å². The zero-order valence-corrected chi connectivity index (χ0v) is 10.0. The first-order valence-corrected chi connectivity index (χ1v) is 6.21. The molecule has 0 bridgehead atoms. The molecule has 0 aromatic heterocycles. The number of hydrogen-bond acceptors (Lipinski definition) is 2. The maximum absolute atomic E-state index is 5.87. The topological polar surface area (TPSA) is 21.3 Å². The molecule has 0 amide bonds. The van der Waals surface area contributed by atoms with Gasteiger partial charge in [-0.3, -0.25) is 0 Å². The van der Waals surface area contributed by atoms with Crippen molar-refractivity contribution in [3.63, 3.8) is 0 Å². The highest BCUT2D eigenvalue weighted by Crippen LogP contribution is 2.36. The molecule has 2 heteroatoms. The predicted molar refractivity (Wildman–Crippen MR) is 66.1 cm³/mol. The van der Waals surface area contributed by atoms with E-state index < -0.39 is 0 Å². The molecule has 1 N–H and O–H groups in total. The second-order valence-corrected chi connectivity index (χ2v) is 5.63. The fourth-order valence-electron chi connectivity index (χ4n) is 2.49. The molecule has 16 heavy (non-hydrogen) atoms. The highest BCUT2D eigenvalue weighted by molar-refractivity contribution is 5.53. The van der Waals surface area contributed by atoms with Gasteiger partial charge < -0.3 is 10.1 Å². The minimum Gasteiger partial charge on any atom is -0.487 e. The molecular weight excluding hydrogens is 198 g/mol. The summed E-state index contributed by atoms with van der Waals surface area (Å²) in [6.07, 6.45) is 5.03. The van der Waals surface area contributed by atoms with Gasteiger partial charge in [-0.25, -0.2) is 0 Å². The van der Waals surface area contributed by atoms with E-state index in [2.05, 4.69) is 37.4 Å². The molecule has 0 radical (unpaired) electrons. The van der Waals surface area contributed by atoms with Crippen LogP contribution < -0.4 is 10.1 Å². The third-order valence-electron chi connectivity index (χ3n) is 3.54. The zero-order valence-electron chi connectivity index (χ0n) is 10.0. The van der Waals surface area contributed by atoms with Gasteiger partial charge in [-0.05, 0) is 51.3 Å². The van der Waals surface area contributed by atoms with Crippen LogP contribution in [-0.2, 0) is 6.42 Å². The fraction of sp³-hybridized carbons (Fsp3) is 0.571. The molecular formula is C14H19NO. The first kappa shape index (κ1) is 10.0. The summed E-state index contributed by atoms with van der Waals surface area (Å²) >= 11 is 0. The monoisotopic (exact) mass is 217 g/mol. The third-order valence-corrected chi connectivity index (χ3v) is 3.54. The molecule has 1 aliphatic carbocycles. The Labute approximate surface area is 97.0 Å². The van der Waals surface area contributed by atoms with Crippen LogP contribution >= 0.6 is 0 Å². The summed E-state index contributed by atoms with van der Waals surface area (Å²) in [5.41, 5.74) is 2.57. The molecule has 2 nitrogen and oxygen atoms in total. The lowest BCUT2D eigenvalue weighted by molar-refractivity contribution is 0.138. The van der Waals surface area contributed by atoms with E-state index in [0.29, 0.717) is 6.04 Å². The number of ether oxygens (including phenoxy) is 1. The standard InChI is InChI=1S/C14H19NO/c1-14(2)9-10-8-12(6-7-13(10)16-14)15-11-4-3-5-11/h6-8,11,15H,3-5,9H2,1-2H3. The van der Waals surface area contributed by atoms with Crippen molar-refractivity contribution >= 4 is 5.69 Å². The molecule has 0 spiro atoms. The van der Waals surface area contributed by atoms with E-state index in [9.17, 15) is 0 Å². The molecule has 1 fully saturated rings. The second-order valence-electron chi connectivity index (χ2n) is 5.63. The highest BCUT2D eigenvalue weighted by atomic mass is 16.5. The lowest BCUT2D eigenvalue weighted by Gasteiger charge is -2.27. The molecule has 1 heterocycles. The van der Waals surface area contributed by atoms with Crippen molar-refractivity contribution in [3.8, 4) is 5.75 Å².